The molecule has 0 spiro atoms. The fourth-order valence-electron chi connectivity index (χ4n) is 1.68. The van der Waals surface area contributed by atoms with Crippen LogP contribution in [0.15, 0.2) is 0 Å². The molecule has 2 heteroatoms. The predicted molar refractivity (Wildman–Crippen MR) is 46.4 cm³/mol. The quantitative estimate of drug-likeness (QED) is 0.627. The lowest BCUT2D eigenvalue weighted by atomic mass is 9.96. The second-order valence-electron chi connectivity index (χ2n) is 4.09. The SMILES string of the molecule is CC1CNC(C(O)C(C)C)C1. The largest absolute Gasteiger partial charge is 0.391 e. The van der Waals surface area contributed by atoms with Crippen LogP contribution in [-0.2, 0) is 0 Å². The molecule has 0 amide bonds. The van der Waals surface area contributed by atoms with Crippen LogP contribution in [0.1, 0.15) is 27.2 Å². The fourth-order valence-corrected chi connectivity index (χ4v) is 1.68. The lowest BCUT2D eigenvalue weighted by Crippen LogP contribution is -2.37. The highest BCUT2D eigenvalue weighted by molar-refractivity contribution is 4.85. The molecule has 0 aliphatic carbocycles. The van der Waals surface area contributed by atoms with Gasteiger partial charge in [0.1, 0.15) is 0 Å². The number of aliphatic hydroxyl groups is 1. The molecule has 11 heavy (non-hydrogen) atoms. The molecule has 3 atom stereocenters. The van der Waals surface area contributed by atoms with Crippen LogP contribution in [0, 0.1) is 11.8 Å². The average molecular weight is 157 g/mol. The Morgan fingerprint density at radius 1 is 1.45 bits per heavy atom. The van der Waals surface area contributed by atoms with Crippen LogP contribution >= 0.6 is 0 Å². The molecule has 1 aliphatic heterocycles. The van der Waals surface area contributed by atoms with Crippen molar-refractivity contribution in [2.45, 2.75) is 39.3 Å². The normalized spacial score (nSPS) is 34.6. The van der Waals surface area contributed by atoms with E-state index in [0.29, 0.717) is 12.0 Å². The fraction of sp³-hybridized carbons (Fsp3) is 1.00. The molecule has 1 saturated heterocycles. The molecule has 66 valence electrons. The highest BCUT2D eigenvalue weighted by Crippen LogP contribution is 2.19. The Bertz CT molecular complexity index is 125. The summed E-state index contributed by atoms with van der Waals surface area (Å²) in [7, 11) is 0. The topological polar surface area (TPSA) is 32.3 Å². The van der Waals surface area contributed by atoms with Gasteiger partial charge in [-0.25, -0.2) is 0 Å². The van der Waals surface area contributed by atoms with Gasteiger partial charge in [0.2, 0.25) is 0 Å². The molecule has 0 saturated carbocycles. The maximum atomic E-state index is 9.68. The summed E-state index contributed by atoms with van der Waals surface area (Å²) in [5.74, 6) is 1.10. The van der Waals surface area contributed by atoms with E-state index >= 15 is 0 Å². The van der Waals surface area contributed by atoms with Crippen molar-refractivity contribution in [1.82, 2.24) is 5.32 Å². The van der Waals surface area contributed by atoms with E-state index in [4.69, 9.17) is 0 Å². The van der Waals surface area contributed by atoms with Crippen LogP contribution in [0.4, 0.5) is 0 Å². The molecule has 1 fully saturated rings. The van der Waals surface area contributed by atoms with Crippen LogP contribution in [0.5, 0.6) is 0 Å². The van der Waals surface area contributed by atoms with Gasteiger partial charge in [0.05, 0.1) is 6.10 Å². The molecule has 1 rings (SSSR count). The van der Waals surface area contributed by atoms with Crippen LogP contribution in [-0.4, -0.2) is 23.8 Å². The summed E-state index contributed by atoms with van der Waals surface area (Å²) < 4.78 is 0. The van der Waals surface area contributed by atoms with Gasteiger partial charge in [-0.1, -0.05) is 20.8 Å². The summed E-state index contributed by atoms with van der Waals surface area (Å²) in [4.78, 5) is 0. The summed E-state index contributed by atoms with van der Waals surface area (Å²) in [6.07, 6.45) is 0.958. The monoisotopic (exact) mass is 157 g/mol. The van der Waals surface area contributed by atoms with Gasteiger partial charge in [-0.15, -0.1) is 0 Å². The van der Waals surface area contributed by atoms with E-state index in [1.807, 2.05) is 0 Å². The third kappa shape index (κ3) is 2.17. The van der Waals surface area contributed by atoms with Crippen LogP contribution in [0.2, 0.25) is 0 Å². The van der Waals surface area contributed by atoms with Crippen molar-refractivity contribution >= 4 is 0 Å². The first-order valence-corrected chi connectivity index (χ1v) is 4.52. The molecular formula is C9H19NO. The first kappa shape index (κ1) is 9.01. The van der Waals surface area contributed by atoms with E-state index in [-0.39, 0.29) is 6.10 Å². The van der Waals surface area contributed by atoms with E-state index < -0.39 is 0 Å². The minimum Gasteiger partial charge on any atom is -0.391 e. The van der Waals surface area contributed by atoms with Gasteiger partial charge in [0.15, 0.2) is 0 Å². The molecule has 0 aromatic carbocycles. The van der Waals surface area contributed by atoms with E-state index in [0.717, 1.165) is 18.9 Å². The molecule has 3 unspecified atom stereocenters. The first-order valence-electron chi connectivity index (χ1n) is 4.52. The Morgan fingerprint density at radius 2 is 2.09 bits per heavy atom. The van der Waals surface area contributed by atoms with Crippen LogP contribution in [0.3, 0.4) is 0 Å². The molecule has 2 N–H and O–H groups in total. The molecule has 1 aliphatic rings. The smallest absolute Gasteiger partial charge is 0.0716 e. The maximum absolute atomic E-state index is 9.68. The Balaban J connectivity index is 2.36. The molecule has 0 radical (unpaired) electrons. The van der Waals surface area contributed by atoms with Gasteiger partial charge in [0.25, 0.3) is 0 Å². The summed E-state index contributed by atoms with van der Waals surface area (Å²) in [5.41, 5.74) is 0. The van der Waals surface area contributed by atoms with Crippen molar-refractivity contribution in [3.05, 3.63) is 0 Å². The van der Waals surface area contributed by atoms with Gasteiger partial charge in [0, 0.05) is 6.04 Å². The van der Waals surface area contributed by atoms with Gasteiger partial charge in [-0.05, 0) is 24.8 Å². The van der Waals surface area contributed by atoms with Crippen molar-refractivity contribution in [3.8, 4) is 0 Å². The molecule has 1 heterocycles. The lowest BCUT2D eigenvalue weighted by Gasteiger charge is -2.21. The van der Waals surface area contributed by atoms with E-state index in [1.54, 1.807) is 0 Å². The van der Waals surface area contributed by atoms with Crippen LogP contribution in [0.25, 0.3) is 0 Å². The zero-order valence-corrected chi connectivity index (χ0v) is 7.67. The number of nitrogens with one attached hydrogen (secondary N) is 1. The summed E-state index contributed by atoms with van der Waals surface area (Å²) in [6, 6.07) is 0.338. The average Bonchev–Trinajstić information content (AvgIpc) is 2.34. The number of hydrogen-bond donors (Lipinski definition) is 2. The standard InChI is InChI=1S/C9H19NO/c1-6(2)9(11)8-4-7(3)5-10-8/h6-11H,4-5H2,1-3H3. The van der Waals surface area contributed by atoms with E-state index in [9.17, 15) is 5.11 Å². The first-order chi connectivity index (χ1) is 5.11. The minimum atomic E-state index is -0.167. The Hall–Kier alpha value is -0.0800. The molecular weight excluding hydrogens is 138 g/mol. The van der Waals surface area contributed by atoms with Gasteiger partial charge < -0.3 is 10.4 Å². The second kappa shape index (κ2) is 3.55. The second-order valence-corrected chi connectivity index (χ2v) is 4.09. The molecule has 0 aromatic heterocycles. The van der Waals surface area contributed by atoms with Crippen molar-refractivity contribution < 1.29 is 5.11 Å². The molecule has 2 nitrogen and oxygen atoms in total. The number of rotatable bonds is 2. The Labute approximate surface area is 69.0 Å². The summed E-state index contributed by atoms with van der Waals surface area (Å²) >= 11 is 0. The van der Waals surface area contributed by atoms with Crippen LogP contribution < -0.4 is 5.32 Å². The number of aliphatic hydroxyl groups excluding tert-OH is 1. The highest BCUT2D eigenvalue weighted by atomic mass is 16.3. The van der Waals surface area contributed by atoms with Crippen molar-refractivity contribution in [1.29, 1.82) is 0 Å². The molecule has 0 aromatic rings. The Kier molecular flexibility index (Phi) is 2.90. The van der Waals surface area contributed by atoms with Gasteiger partial charge in [-0.2, -0.15) is 0 Å². The zero-order valence-electron chi connectivity index (χ0n) is 7.67. The van der Waals surface area contributed by atoms with E-state index in [1.165, 1.54) is 0 Å². The van der Waals surface area contributed by atoms with Gasteiger partial charge in [-0.3, -0.25) is 0 Å². The van der Waals surface area contributed by atoms with Crippen molar-refractivity contribution in [2.75, 3.05) is 6.54 Å². The van der Waals surface area contributed by atoms with Gasteiger partial charge >= 0.3 is 0 Å². The predicted octanol–water partition coefficient (Wildman–Crippen LogP) is 1.00. The Morgan fingerprint density at radius 3 is 2.45 bits per heavy atom. The lowest BCUT2D eigenvalue weighted by molar-refractivity contribution is 0.0895. The maximum Gasteiger partial charge on any atom is 0.0716 e. The zero-order chi connectivity index (χ0) is 8.43. The third-order valence-corrected chi connectivity index (χ3v) is 2.48. The molecule has 0 bridgehead atoms. The third-order valence-electron chi connectivity index (χ3n) is 2.48. The minimum absolute atomic E-state index is 0.167. The highest BCUT2D eigenvalue weighted by Gasteiger charge is 2.28. The van der Waals surface area contributed by atoms with Crippen molar-refractivity contribution in [2.24, 2.45) is 11.8 Å². The number of hydrogen-bond acceptors (Lipinski definition) is 2. The van der Waals surface area contributed by atoms with E-state index in [2.05, 4.69) is 26.1 Å². The summed E-state index contributed by atoms with van der Waals surface area (Å²) in [6.45, 7) is 7.42. The summed E-state index contributed by atoms with van der Waals surface area (Å²) in [5, 5.41) is 13.0. The van der Waals surface area contributed by atoms with Crippen molar-refractivity contribution in [3.63, 3.8) is 0 Å².